The maximum Gasteiger partial charge on any atom is 0.255 e. The van der Waals surface area contributed by atoms with Crippen LogP contribution < -0.4 is 5.32 Å². The predicted molar refractivity (Wildman–Crippen MR) is 99.0 cm³/mol. The van der Waals surface area contributed by atoms with Crippen LogP contribution in [0.5, 0.6) is 0 Å². The number of aromatic nitrogens is 4. The van der Waals surface area contributed by atoms with Crippen molar-refractivity contribution in [2.75, 3.05) is 0 Å². The summed E-state index contributed by atoms with van der Waals surface area (Å²) < 4.78 is 1.69. The van der Waals surface area contributed by atoms with Crippen LogP contribution in [0.4, 0.5) is 0 Å². The van der Waals surface area contributed by atoms with Crippen molar-refractivity contribution in [2.24, 2.45) is 0 Å². The van der Waals surface area contributed by atoms with Gasteiger partial charge in [-0.25, -0.2) is 9.67 Å². The first-order chi connectivity index (χ1) is 12.7. The van der Waals surface area contributed by atoms with E-state index < -0.39 is 0 Å². The van der Waals surface area contributed by atoms with Crippen molar-refractivity contribution in [1.29, 1.82) is 0 Å². The fraction of sp³-hybridized carbons (Fsp3) is 0.100. The quantitative estimate of drug-likeness (QED) is 0.618. The third-order valence-corrected chi connectivity index (χ3v) is 4.23. The highest BCUT2D eigenvalue weighted by Crippen LogP contribution is 2.17. The molecule has 1 N–H and O–H groups in total. The van der Waals surface area contributed by atoms with Gasteiger partial charge < -0.3 is 5.32 Å². The van der Waals surface area contributed by atoms with Crippen molar-refractivity contribution < 1.29 is 4.79 Å². The van der Waals surface area contributed by atoms with Gasteiger partial charge in [-0.1, -0.05) is 24.3 Å². The van der Waals surface area contributed by atoms with Crippen molar-refractivity contribution in [3.8, 4) is 5.82 Å². The summed E-state index contributed by atoms with van der Waals surface area (Å²) in [6.45, 7) is 2.29. The average molecular weight is 343 g/mol. The number of hydrogen-bond acceptors (Lipinski definition) is 4. The number of rotatable bonds is 4. The lowest BCUT2D eigenvalue weighted by atomic mass is 10.2. The van der Waals surface area contributed by atoms with Gasteiger partial charge in [0, 0.05) is 24.3 Å². The number of para-hydroxylation sites is 1. The highest BCUT2D eigenvalue weighted by Gasteiger charge is 2.15. The van der Waals surface area contributed by atoms with Gasteiger partial charge in [0.2, 0.25) is 0 Å². The highest BCUT2D eigenvalue weighted by molar-refractivity contribution is 5.95. The summed E-state index contributed by atoms with van der Waals surface area (Å²) in [5.41, 5.74) is 3.12. The van der Waals surface area contributed by atoms with Gasteiger partial charge >= 0.3 is 0 Å². The summed E-state index contributed by atoms with van der Waals surface area (Å²) in [5, 5.41) is 8.31. The van der Waals surface area contributed by atoms with Gasteiger partial charge in [-0.15, -0.1) is 0 Å². The Morgan fingerprint density at radius 2 is 1.96 bits per heavy atom. The van der Waals surface area contributed by atoms with E-state index in [0.717, 1.165) is 22.2 Å². The Balaban J connectivity index is 1.58. The molecule has 0 bridgehead atoms. The molecular formula is C20H17N5O. The third-order valence-electron chi connectivity index (χ3n) is 4.23. The number of nitrogens with one attached hydrogen (secondary N) is 1. The van der Waals surface area contributed by atoms with Crippen LogP contribution in [0.15, 0.2) is 67.1 Å². The largest absolute Gasteiger partial charge is 0.348 e. The van der Waals surface area contributed by atoms with Crippen LogP contribution in [-0.4, -0.2) is 25.7 Å². The minimum atomic E-state index is -0.168. The van der Waals surface area contributed by atoms with E-state index in [9.17, 15) is 4.79 Å². The van der Waals surface area contributed by atoms with Gasteiger partial charge in [0.05, 0.1) is 23.0 Å². The van der Waals surface area contributed by atoms with Crippen LogP contribution in [0, 0.1) is 6.92 Å². The van der Waals surface area contributed by atoms with E-state index in [4.69, 9.17) is 0 Å². The van der Waals surface area contributed by atoms with E-state index in [1.807, 2.05) is 55.5 Å². The van der Waals surface area contributed by atoms with E-state index in [2.05, 4.69) is 20.4 Å². The summed E-state index contributed by atoms with van der Waals surface area (Å²) >= 11 is 0. The van der Waals surface area contributed by atoms with Crippen LogP contribution in [0.3, 0.4) is 0 Å². The minimum absolute atomic E-state index is 0.168. The fourth-order valence-corrected chi connectivity index (χ4v) is 2.82. The van der Waals surface area contributed by atoms with Crippen LogP contribution in [0.1, 0.15) is 21.6 Å². The average Bonchev–Trinajstić information content (AvgIpc) is 3.08. The summed E-state index contributed by atoms with van der Waals surface area (Å²) in [5.74, 6) is 0.519. The number of nitrogens with zero attached hydrogens (tertiary/aromatic N) is 4. The Hall–Kier alpha value is -3.54. The lowest BCUT2D eigenvalue weighted by molar-refractivity contribution is 0.0950. The van der Waals surface area contributed by atoms with E-state index in [-0.39, 0.29) is 5.91 Å². The number of amides is 1. The highest BCUT2D eigenvalue weighted by atomic mass is 16.1. The molecule has 0 atom stereocenters. The predicted octanol–water partition coefficient (Wildman–Crippen LogP) is 3.05. The number of fused-ring (bicyclic) bond motifs is 1. The normalized spacial score (nSPS) is 10.8. The molecule has 0 aliphatic rings. The molecule has 0 saturated carbocycles. The topological polar surface area (TPSA) is 72.7 Å². The Morgan fingerprint density at radius 3 is 2.81 bits per heavy atom. The molecule has 4 rings (SSSR count). The van der Waals surface area contributed by atoms with Crippen molar-refractivity contribution >= 4 is 16.8 Å². The SMILES string of the molecule is Cc1c(C(=O)NCc2cccnc2)cnn1-c1ccc2ccccc2n1. The van der Waals surface area contributed by atoms with Gasteiger partial charge in [0.15, 0.2) is 5.82 Å². The molecule has 3 aromatic heterocycles. The van der Waals surface area contributed by atoms with Gasteiger partial charge in [0.25, 0.3) is 5.91 Å². The first-order valence-electron chi connectivity index (χ1n) is 8.30. The van der Waals surface area contributed by atoms with Crippen molar-refractivity contribution in [2.45, 2.75) is 13.5 Å². The molecule has 0 saturated heterocycles. The second kappa shape index (κ2) is 6.76. The Morgan fingerprint density at radius 1 is 1.08 bits per heavy atom. The van der Waals surface area contributed by atoms with Crippen LogP contribution >= 0.6 is 0 Å². The molecule has 4 aromatic rings. The minimum Gasteiger partial charge on any atom is -0.348 e. The molecule has 6 nitrogen and oxygen atoms in total. The van der Waals surface area contributed by atoms with Crippen molar-refractivity contribution in [1.82, 2.24) is 25.1 Å². The van der Waals surface area contributed by atoms with Crippen molar-refractivity contribution in [3.05, 3.63) is 83.9 Å². The van der Waals surface area contributed by atoms with E-state index in [0.29, 0.717) is 17.9 Å². The third kappa shape index (κ3) is 3.04. The number of benzene rings is 1. The number of carbonyl (C=O) groups excluding carboxylic acids is 1. The second-order valence-corrected chi connectivity index (χ2v) is 5.96. The molecule has 26 heavy (non-hydrogen) atoms. The molecule has 0 aliphatic heterocycles. The molecule has 0 fully saturated rings. The van der Waals surface area contributed by atoms with Crippen LogP contribution in [0.2, 0.25) is 0 Å². The Kier molecular flexibility index (Phi) is 4.15. The molecule has 3 heterocycles. The van der Waals surface area contributed by atoms with Gasteiger partial charge in [-0.3, -0.25) is 9.78 Å². The first kappa shape index (κ1) is 16.0. The lowest BCUT2D eigenvalue weighted by Crippen LogP contribution is -2.23. The van der Waals surface area contributed by atoms with E-state index in [1.54, 1.807) is 23.3 Å². The summed E-state index contributed by atoms with van der Waals surface area (Å²) in [4.78, 5) is 21.2. The van der Waals surface area contributed by atoms with E-state index in [1.165, 1.54) is 0 Å². The first-order valence-corrected chi connectivity index (χ1v) is 8.30. The zero-order valence-electron chi connectivity index (χ0n) is 14.3. The maximum absolute atomic E-state index is 12.5. The Bertz CT molecular complexity index is 1070. The fourth-order valence-electron chi connectivity index (χ4n) is 2.82. The molecule has 0 unspecified atom stereocenters. The number of carbonyl (C=O) groups is 1. The van der Waals surface area contributed by atoms with Crippen LogP contribution in [-0.2, 0) is 6.54 Å². The summed E-state index contributed by atoms with van der Waals surface area (Å²) in [7, 11) is 0. The number of hydrogen-bond donors (Lipinski definition) is 1. The van der Waals surface area contributed by atoms with Gasteiger partial charge in [0.1, 0.15) is 0 Å². The maximum atomic E-state index is 12.5. The van der Waals surface area contributed by atoms with Crippen LogP contribution in [0.25, 0.3) is 16.7 Å². The second-order valence-electron chi connectivity index (χ2n) is 5.96. The summed E-state index contributed by atoms with van der Waals surface area (Å²) in [6, 6.07) is 15.6. The zero-order chi connectivity index (χ0) is 17.9. The molecule has 1 aromatic carbocycles. The van der Waals surface area contributed by atoms with Gasteiger partial charge in [-0.05, 0) is 36.8 Å². The molecule has 6 heteroatoms. The lowest BCUT2D eigenvalue weighted by Gasteiger charge is -2.07. The Labute approximate surface area is 150 Å². The number of pyridine rings is 2. The molecular weight excluding hydrogens is 326 g/mol. The smallest absolute Gasteiger partial charge is 0.255 e. The summed E-state index contributed by atoms with van der Waals surface area (Å²) in [6.07, 6.45) is 5.01. The molecule has 0 radical (unpaired) electrons. The molecule has 0 spiro atoms. The molecule has 128 valence electrons. The monoisotopic (exact) mass is 343 g/mol. The van der Waals surface area contributed by atoms with Crippen molar-refractivity contribution in [3.63, 3.8) is 0 Å². The molecule has 0 aliphatic carbocycles. The zero-order valence-corrected chi connectivity index (χ0v) is 14.3. The molecule has 1 amide bonds. The van der Waals surface area contributed by atoms with E-state index >= 15 is 0 Å². The standard InChI is InChI=1S/C20H17N5O/c1-14-17(20(26)22-12-15-5-4-10-21-11-15)13-23-25(14)19-9-8-16-6-2-3-7-18(16)24-19/h2-11,13H,12H2,1H3,(H,22,26). The van der Waals surface area contributed by atoms with Gasteiger partial charge in [-0.2, -0.15) is 5.10 Å².